The number of rotatable bonds is 4. The average molecular weight is 243 g/mol. The summed E-state index contributed by atoms with van der Waals surface area (Å²) in [6, 6.07) is 0. The molecule has 0 aromatic rings. The van der Waals surface area contributed by atoms with Gasteiger partial charge in [0.1, 0.15) is 6.61 Å². The van der Waals surface area contributed by atoms with Gasteiger partial charge in [0, 0.05) is 6.42 Å². The highest BCUT2D eigenvalue weighted by atomic mass is 16.5. The van der Waals surface area contributed by atoms with E-state index in [1.807, 2.05) is 20.8 Å². The van der Waals surface area contributed by atoms with Crippen molar-refractivity contribution < 1.29 is 14.3 Å². The molecule has 0 rings (SSSR count). The molecule has 0 aliphatic rings. The minimum Gasteiger partial charge on any atom is -0.463 e. The van der Waals surface area contributed by atoms with Crippen LogP contribution in [0.3, 0.4) is 0 Å². The lowest BCUT2D eigenvalue weighted by Crippen LogP contribution is -2.32. The molecule has 0 aliphatic carbocycles. The van der Waals surface area contributed by atoms with Crippen molar-refractivity contribution in [1.29, 1.82) is 0 Å². The second-order valence-electron chi connectivity index (χ2n) is 6.47. The van der Waals surface area contributed by atoms with Crippen LogP contribution in [0.2, 0.25) is 0 Å². The van der Waals surface area contributed by atoms with Crippen LogP contribution in [-0.2, 0) is 14.3 Å². The quantitative estimate of drug-likeness (QED) is 0.608. The molecule has 100 valence electrons. The topological polar surface area (TPSA) is 55.4 Å². The van der Waals surface area contributed by atoms with Crippen LogP contribution in [0, 0.1) is 10.8 Å². The Kier molecular flexibility index (Phi) is 5.66. The Labute approximate surface area is 104 Å². The van der Waals surface area contributed by atoms with E-state index in [2.05, 4.69) is 5.32 Å². The molecule has 0 heterocycles. The SMILES string of the molecule is CC(C)(C)CC(=O)NCCOC(=O)C(C)(C)C. The zero-order valence-electron chi connectivity index (χ0n) is 11.8. The molecule has 0 fully saturated rings. The van der Waals surface area contributed by atoms with Gasteiger partial charge in [-0.05, 0) is 26.2 Å². The van der Waals surface area contributed by atoms with E-state index in [-0.39, 0.29) is 23.9 Å². The van der Waals surface area contributed by atoms with E-state index in [1.165, 1.54) is 0 Å². The van der Waals surface area contributed by atoms with Crippen molar-refractivity contribution in [2.75, 3.05) is 13.2 Å². The molecule has 4 nitrogen and oxygen atoms in total. The fourth-order valence-corrected chi connectivity index (χ4v) is 1.09. The number of esters is 1. The summed E-state index contributed by atoms with van der Waals surface area (Å²) >= 11 is 0. The van der Waals surface area contributed by atoms with Crippen LogP contribution >= 0.6 is 0 Å². The second-order valence-corrected chi connectivity index (χ2v) is 6.47. The Morgan fingerprint density at radius 1 is 1.06 bits per heavy atom. The van der Waals surface area contributed by atoms with Gasteiger partial charge in [-0.25, -0.2) is 0 Å². The largest absolute Gasteiger partial charge is 0.463 e. The molecule has 1 N–H and O–H groups in total. The lowest BCUT2D eigenvalue weighted by atomic mass is 9.92. The Bertz CT molecular complexity index is 271. The van der Waals surface area contributed by atoms with Gasteiger partial charge in [0.15, 0.2) is 0 Å². The Morgan fingerprint density at radius 3 is 2.00 bits per heavy atom. The third-order valence-corrected chi connectivity index (χ3v) is 1.96. The molecule has 1 amide bonds. The summed E-state index contributed by atoms with van der Waals surface area (Å²) in [5.41, 5.74) is -0.512. The number of carbonyl (C=O) groups excluding carboxylic acids is 2. The van der Waals surface area contributed by atoms with Gasteiger partial charge >= 0.3 is 5.97 Å². The lowest BCUT2D eigenvalue weighted by Gasteiger charge is -2.18. The molecule has 0 bridgehead atoms. The highest BCUT2D eigenvalue weighted by Gasteiger charge is 2.22. The lowest BCUT2D eigenvalue weighted by molar-refractivity contribution is -0.153. The number of hydrogen-bond acceptors (Lipinski definition) is 3. The summed E-state index contributed by atoms with van der Waals surface area (Å²) in [5, 5.41) is 2.73. The summed E-state index contributed by atoms with van der Waals surface area (Å²) in [6.45, 7) is 12.0. The van der Waals surface area contributed by atoms with E-state index in [9.17, 15) is 9.59 Å². The first-order valence-electron chi connectivity index (χ1n) is 5.96. The Hall–Kier alpha value is -1.06. The van der Waals surface area contributed by atoms with Crippen LogP contribution < -0.4 is 5.32 Å². The van der Waals surface area contributed by atoms with Gasteiger partial charge in [0.05, 0.1) is 12.0 Å². The maximum absolute atomic E-state index is 11.4. The van der Waals surface area contributed by atoms with Crippen molar-refractivity contribution in [1.82, 2.24) is 5.32 Å². The third-order valence-electron chi connectivity index (χ3n) is 1.96. The normalized spacial score (nSPS) is 12.1. The molecule has 0 saturated carbocycles. The molecule has 0 unspecified atom stereocenters. The maximum Gasteiger partial charge on any atom is 0.311 e. The second kappa shape index (κ2) is 6.03. The van der Waals surface area contributed by atoms with Crippen LogP contribution in [0.5, 0.6) is 0 Å². The van der Waals surface area contributed by atoms with Gasteiger partial charge in [-0.1, -0.05) is 20.8 Å². The summed E-state index contributed by atoms with van der Waals surface area (Å²) in [4.78, 5) is 22.9. The number of amides is 1. The minimum atomic E-state index is -0.491. The van der Waals surface area contributed by atoms with Crippen LogP contribution in [0.4, 0.5) is 0 Å². The van der Waals surface area contributed by atoms with E-state index >= 15 is 0 Å². The van der Waals surface area contributed by atoms with Crippen molar-refractivity contribution in [3.63, 3.8) is 0 Å². The van der Waals surface area contributed by atoms with E-state index in [0.29, 0.717) is 13.0 Å². The molecular formula is C13H25NO3. The molecule has 17 heavy (non-hydrogen) atoms. The van der Waals surface area contributed by atoms with E-state index in [4.69, 9.17) is 4.74 Å². The van der Waals surface area contributed by atoms with E-state index < -0.39 is 5.41 Å². The van der Waals surface area contributed by atoms with Crippen LogP contribution in [0.15, 0.2) is 0 Å². The first kappa shape index (κ1) is 15.9. The van der Waals surface area contributed by atoms with Crippen molar-refractivity contribution >= 4 is 11.9 Å². The van der Waals surface area contributed by atoms with Crippen molar-refractivity contribution in [2.24, 2.45) is 10.8 Å². The minimum absolute atomic E-state index is 0.00990. The Balaban J connectivity index is 3.73. The van der Waals surface area contributed by atoms with Crippen LogP contribution in [0.25, 0.3) is 0 Å². The first-order chi connectivity index (χ1) is 7.52. The molecular weight excluding hydrogens is 218 g/mol. The fourth-order valence-electron chi connectivity index (χ4n) is 1.09. The third kappa shape index (κ3) is 8.72. The predicted molar refractivity (Wildman–Crippen MR) is 67.5 cm³/mol. The number of ether oxygens (including phenoxy) is 1. The van der Waals surface area contributed by atoms with Gasteiger partial charge in [0.2, 0.25) is 5.91 Å². The van der Waals surface area contributed by atoms with Gasteiger partial charge < -0.3 is 10.1 Å². The van der Waals surface area contributed by atoms with E-state index in [0.717, 1.165) is 0 Å². The zero-order valence-corrected chi connectivity index (χ0v) is 11.8. The summed E-state index contributed by atoms with van der Waals surface area (Å²) in [6.07, 6.45) is 0.472. The van der Waals surface area contributed by atoms with Gasteiger partial charge in [0.25, 0.3) is 0 Å². The molecule has 0 spiro atoms. The molecule has 0 atom stereocenters. The van der Waals surface area contributed by atoms with Gasteiger partial charge in [-0.15, -0.1) is 0 Å². The smallest absolute Gasteiger partial charge is 0.311 e. The fraction of sp³-hybridized carbons (Fsp3) is 0.846. The molecule has 0 aromatic carbocycles. The summed E-state index contributed by atoms with van der Waals surface area (Å²) in [5.74, 6) is -0.258. The number of hydrogen-bond donors (Lipinski definition) is 1. The van der Waals surface area contributed by atoms with Gasteiger partial charge in [-0.3, -0.25) is 9.59 Å². The number of nitrogens with one attached hydrogen (secondary N) is 1. The Morgan fingerprint density at radius 2 is 1.59 bits per heavy atom. The predicted octanol–water partition coefficient (Wildman–Crippen LogP) is 2.13. The molecule has 0 saturated heterocycles. The molecule has 4 heteroatoms. The summed E-state index contributed by atoms with van der Waals surface area (Å²) < 4.78 is 5.03. The van der Waals surface area contributed by atoms with Crippen LogP contribution in [0.1, 0.15) is 48.0 Å². The van der Waals surface area contributed by atoms with Crippen molar-refractivity contribution in [3.8, 4) is 0 Å². The van der Waals surface area contributed by atoms with Crippen molar-refractivity contribution in [3.05, 3.63) is 0 Å². The van der Waals surface area contributed by atoms with E-state index in [1.54, 1.807) is 20.8 Å². The van der Waals surface area contributed by atoms with Crippen molar-refractivity contribution in [2.45, 2.75) is 48.0 Å². The monoisotopic (exact) mass is 243 g/mol. The van der Waals surface area contributed by atoms with Crippen LogP contribution in [-0.4, -0.2) is 25.0 Å². The zero-order chi connectivity index (χ0) is 13.7. The standard InChI is InChI=1S/C13H25NO3/c1-12(2,3)9-10(15)14-7-8-17-11(16)13(4,5)6/h7-9H2,1-6H3,(H,14,15). The molecule has 0 aliphatic heterocycles. The molecule has 0 radical (unpaired) electrons. The molecule has 0 aromatic heterocycles. The highest BCUT2D eigenvalue weighted by Crippen LogP contribution is 2.17. The maximum atomic E-state index is 11.4. The first-order valence-corrected chi connectivity index (χ1v) is 5.96. The highest BCUT2D eigenvalue weighted by molar-refractivity contribution is 5.77. The average Bonchev–Trinajstić information content (AvgIpc) is 2.07. The van der Waals surface area contributed by atoms with Gasteiger partial charge in [-0.2, -0.15) is 0 Å². The number of carbonyl (C=O) groups is 2. The summed E-state index contributed by atoms with van der Waals surface area (Å²) in [7, 11) is 0.